The average molecular weight is 164 g/mol. The molecule has 0 radical (unpaired) electrons. The van der Waals surface area contributed by atoms with Gasteiger partial charge in [0.15, 0.2) is 0 Å². The Hall–Kier alpha value is -0.220. The van der Waals surface area contributed by atoms with Crippen molar-refractivity contribution in [3.8, 4) is 0 Å². The zero-order valence-electron chi connectivity index (χ0n) is 6.69. The summed E-state index contributed by atoms with van der Waals surface area (Å²) >= 11 is 0. The van der Waals surface area contributed by atoms with Gasteiger partial charge in [0.05, 0.1) is 6.04 Å². The Morgan fingerprint density at radius 3 is 2.91 bits per heavy atom. The van der Waals surface area contributed by atoms with Crippen LogP contribution in [0.1, 0.15) is 6.92 Å². The van der Waals surface area contributed by atoms with Gasteiger partial charge in [-0.15, -0.1) is 0 Å². The summed E-state index contributed by atoms with van der Waals surface area (Å²) in [5.41, 5.74) is 0. The Balaban J connectivity index is 2.33. The molecule has 1 heterocycles. The van der Waals surface area contributed by atoms with Gasteiger partial charge in [-0.2, -0.15) is 0 Å². The highest BCUT2D eigenvalue weighted by atomic mass is 19.3. The van der Waals surface area contributed by atoms with Gasteiger partial charge < -0.3 is 10.2 Å². The Bertz CT molecular complexity index is 119. The van der Waals surface area contributed by atoms with Crippen LogP contribution in [0.5, 0.6) is 0 Å². The molecule has 11 heavy (non-hydrogen) atoms. The lowest BCUT2D eigenvalue weighted by molar-refractivity contribution is 0.0586. The van der Waals surface area contributed by atoms with E-state index >= 15 is 0 Å². The maximum atomic E-state index is 12.1. The molecule has 1 aliphatic rings. The number of rotatable bonds is 2. The highest BCUT2D eigenvalue weighted by Crippen LogP contribution is 2.06. The van der Waals surface area contributed by atoms with Gasteiger partial charge in [-0.3, -0.25) is 0 Å². The number of nitrogens with zero attached hydrogens (tertiary/aromatic N) is 1. The molecule has 1 fully saturated rings. The predicted molar refractivity (Wildman–Crippen MR) is 39.9 cm³/mol. The number of piperazine rings is 1. The number of hydrogen-bond donors (Lipinski definition) is 1. The number of hydrogen-bond acceptors (Lipinski definition) is 2. The lowest BCUT2D eigenvalue weighted by atomic mass is 10.2. The Labute approximate surface area is 65.6 Å². The van der Waals surface area contributed by atoms with Gasteiger partial charge in [0.1, 0.15) is 0 Å². The van der Waals surface area contributed by atoms with Crippen LogP contribution in [0, 0.1) is 0 Å². The highest BCUT2D eigenvalue weighted by molar-refractivity contribution is 4.79. The number of likely N-dealkylation sites (N-methyl/N-ethyl adjacent to an activating group) is 1. The smallest absolute Gasteiger partial charge is 0.254 e. The first-order chi connectivity index (χ1) is 5.24. The summed E-state index contributed by atoms with van der Waals surface area (Å²) in [6.45, 7) is 4.91. The first-order valence-corrected chi connectivity index (χ1v) is 3.98. The summed E-state index contributed by atoms with van der Waals surface area (Å²) in [7, 11) is 0. The molecule has 66 valence electrons. The second-order valence-corrected chi connectivity index (χ2v) is 2.79. The van der Waals surface area contributed by atoms with Crippen LogP contribution in [0.3, 0.4) is 0 Å². The van der Waals surface area contributed by atoms with E-state index in [1.54, 1.807) is 0 Å². The quantitative estimate of drug-likeness (QED) is 0.641. The molecule has 1 atom stereocenters. The SMILES string of the molecule is CCN1CCN[C@@H](C(F)F)C1. The first kappa shape index (κ1) is 8.87. The third-order valence-electron chi connectivity index (χ3n) is 2.04. The van der Waals surface area contributed by atoms with E-state index in [0.29, 0.717) is 13.1 Å². The van der Waals surface area contributed by atoms with Crippen LogP contribution >= 0.6 is 0 Å². The summed E-state index contributed by atoms with van der Waals surface area (Å²) in [6.07, 6.45) is -2.23. The summed E-state index contributed by atoms with van der Waals surface area (Å²) in [6, 6.07) is -0.622. The van der Waals surface area contributed by atoms with E-state index in [1.165, 1.54) is 0 Å². The summed E-state index contributed by atoms with van der Waals surface area (Å²) in [4.78, 5) is 2.04. The maximum absolute atomic E-state index is 12.1. The molecule has 0 spiro atoms. The highest BCUT2D eigenvalue weighted by Gasteiger charge is 2.25. The van der Waals surface area contributed by atoms with Gasteiger partial charge in [-0.05, 0) is 6.54 Å². The predicted octanol–water partition coefficient (Wildman–Crippen LogP) is 0.545. The monoisotopic (exact) mass is 164 g/mol. The standard InChI is InChI=1S/C7H14F2N2/c1-2-11-4-3-10-6(5-11)7(8)9/h6-7,10H,2-5H2,1H3/t6-/m1/s1. The lowest BCUT2D eigenvalue weighted by Gasteiger charge is -2.32. The van der Waals surface area contributed by atoms with Gasteiger partial charge in [0.2, 0.25) is 0 Å². The van der Waals surface area contributed by atoms with Crippen molar-refractivity contribution in [1.82, 2.24) is 10.2 Å². The molecular weight excluding hydrogens is 150 g/mol. The van der Waals surface area contributed by atoms with Crippen molar-refractivity contribution >= 4 is 0 Å². The van der Waals surface area contributed by atoms with Crippen LogP contribution in [-0.2, 0) is 0 Å². The second-order valence-electron chi connectivity index (χ2n) is 2.79. The van der Waals surface area contributed by atoms with E-state index in [9.17, 15) is 8.78 Å². The molecule has 0 unspecified atom stereocenters. The van der Waals surface area contributed by atoms with Gasteiger partial charge in [0.25, 0.3) is 6.43 Å². The van der Waals surface area contributed by atoms with E-state index in [0.717, 1.165) is 13.1 Å². The summed E-state index contributed by atoms with van der Waals surface area (Å²) in [5, 5.41) is 2.79. The van der Waals surface area contributed by atoms with Gasteiger partial charge in [0, 0.05) is 19.6 Å². The normalized spacial score (nSPS) is 27.8. The van der Waals surface area contributed by atoms with E-state index in [1.807, 2.05) is 11.8 Å². The van der Waals surface area contributed by atoms with Crippen LogP contribution in [0.4, 0.5) is 8.78 Å². The van der Waals surface area contributed by atoms with Crippen LogP contribution < -0.4 is 5.32 Å². The minimum Gasteiger partial charge on any atom is -0.307 e. The molecule has 0 amide bonds. The topological polar surface area (TPSA) is 15.3 Å². The molecule has 0 aromatic heterocycles. The number of alkyl halides is 2. The molecule has 1 rings (SSSR count). The minimum atomic E-state index is -2.23. The molecule has 0 saturated carbocycles. The second kappa shape index (κ2) is 3.97. The zero-order chi connectivity index (χ0) is 8.27. The van der Waals surface area contributed by atoms with Crippen molar-refractivity contribution in [3.63, 3.8) is 0 Å². The largest absolute Gasteiger partial charge is 0.307 e. The Kier molecular flexibility index (Phi) is 3.20. The van der Waals surface area contributed by atoms with E-state index in [4.69, 9.17) is 0 Å². The molecule has 0 aliphatic carbocycles. The molecule has 2 nitrogen and oxygen atoms in total. The molecule has 0 aromatic rings. The van der Waals surface area contributed by atoms with Crippen LogP contribution in [0.25, 0.3) is 0 Å². The van der Waals surface area contributed by atoms with Gasteiger partial charge in [-0.1, -0.05) is 6.92 Å². The molecule has 0 aromatic carbocycles. The van der Waals surface area contributed by atoms with E-state index in [-0.39, 0.29) is 0 Å². The fourth-order valence-corrected chi connectivity index (χ4v) is 1.30. The van der Waals surface area contributed by atoms with Crippen LogP contribution in [0.2, 0.25) is 0 Å². The third kappa shape index (κ3) is 2.38. The average Bonchev–Trinajstić information content (AvgIpc) is 2.05. The molecule has 0 bridgehead atoms. The van der Waals surface area contributed by atoms with Crippen molar-refractivity contribution < 1.29 is 8.78 Å². The van der Waals surface area contributed by atoms with Crippen molar-refractivity contribution in [3.05, 3.63) is 0 Å². The van der Waals surface area contributed by atoms with Crippen molar-refractivity contribution in [2.45, 2.75) is 19.4 Å². The van der Waals surface area contributed by atoms with Crippen molar-refractivity contribution in [2.24, 2.45) is 0 Å². The van der Waals surface area contributed by atoms with Crippen LogP contribution in [-0.4, -0.2) is 43.5 Å². The molecule has 1 saturated heterocycles. The van der Waals surface area contributed by atoms with Crippen LogP contribution in [0.15, 0.2) is 0 Å². The number of nitrogens with one attached hydrogen (secondary N) is 1. The fourth-order valence-electron chi connectivity index (χ4n) is 1.30. The van der Waals surface area contributed by atoms with Gasteiger partial charge in [-0.25, -0.2) is 8.78 Å². The lowest BCUT2D eigenvalue weighted by Crippen LogP contribution is -2.53. The van der Waals surface area contributed by atoms with E-state index in [2.05, 4.69) is 5.32 Å². The molecule has 4 heteroatoms. The van der Waals surface area contributed by atoms with Gasteiger partial charge >= 0.3 is 0 Å². The van der Waals surface area contributed by atoms with Crippen molar-refractivity contribution in [2.75, 3.05) is 26.2 Å². The zero-order valence-corrected chi connectivity index (χ0v) is 6.69. The van der Waals surface area contributed by atoms with Crippen molar-refractivity contribution in [1.29, 1.82) is 0 Å². The first-order valence-electron chi connectivity index (χ1n) is 3.98. The molecule has 1 N–H and O–H groups in total. The number of halogens is 2. The third-order valence-corrected chi connectivity index (χ3v) is 2.04. The fraction of sp³-hybridized carbons (Fsp3) is 1.00. The summed E-state index contributed by atoms with van der Waals surface area (Å²) < 4.78 is 24.3. The summed E-state index contributed by atoms with van der Waals surface area (Å²) in [5.74, 6) is 0. The van der Waals surface area contributed by atoms with E-state index < -0.39 is 12.5 Å². The minimum absolute atomic E-state index is 0.480. The Morgan fingerprint density at radius 2 is 2.36 bits per heavy atom. The Morgan fingerprint density at radius 1 is 1.64 bits per heavy atom. The molecular formula is C7H14F2N2. The maximum Gasteiger partial charge on any atom is 0.254 e. The molecule has 1 aliphatic heterocycles.